The Morgan fingerprint density at radius 1 is 1.19 bits per heavy atom. The second kappa shape index (κ2) is 8.11. The van der Waals surface area contributed by atoms with Gasteiger partial charge in [-0.15, -0.1) is 0 Å². The number of hydrazone groups is 1. The lowest BCUT2D eigenvalue weighted by Gasteiger charge is -2.09. The molecule has 3 N–H and O–H groups in total. The first-order valence-electron chi connectivity index (χ1n) is 9.38. The average molecular weight is 439 g/mol. The van der Waals surface area contributed by atoms with E-state index in [4.69, 9.17) is 11.6 Å². The molecule has 0 saturated carbocycles. The molecule has 0 aliphatic carbocycles. The zero-order valence-electron chi connectivity index (χ0n) is 16.8. The van der Waals surface area contributed by atoms with Gasteiger partial charge in [-0.2, -0.15) is 10.1 Å². The summed E-state index contributed by atoms with van der Waals surface area (Å²) in [6, 6.07) is 14.0. The summed E-state index contributed by atoms with van der Waals surface area (Å²) in [6.45, 7) is 2.03. The van der Waals surface area contributed by atoms with Crippen molar-refractivity contribution >= 4 is 34.4 Å². The number of aromatic nitrogens is 4. The molecule has 0 fully saturated rings. The summed E-state index contributed by atoms with van der Waals surface area (Å²) in [5.41, 5.74) is 4.17. The number of fused-ring (bicyclic) bond motifs is 1. The number of para-hydroxylation sites is 1. The van der Waals surface area contributed by atoms with Gasteiger partial charge in [0.15, 0.2) is 11.2 Å². The molecule has 0 radical (unpaired) electrons. The van der Waals surface area contributed by atoms with Crippen molar-refractivity contribution in [3.05, 3.63) is 85.5 Å². The van der Waals surface area contributed by atoms with Crippen LogP contribution in [0, 0.1) is 0 Å². The summed E-state index contributed by atoms with van der Waals surface area (Å²) in [6.07, 6.45) is 0. The number of hydrogen-bond acceptors (Lipinski definition) is 6. The summed E-state index contributed by atoms with van der Waals surface area (Å²) in [5.74, 6) is 0.366. The van der Waals surface area contributed by atoms with Gasteiger partial charge in [0.25, 0.3) is 5.56 Å². The minimum absolute atomic E-state index is 0.0964. The van der Waals surface area contributed by atoms with Crippen LogP contribution in [-0.4, -0.2) is 29.9 Å². The molecule has 2 aromatic carbocycles. The molecule has 2 heterocycles. The molecule has 158 valence electrons. The number of H-pyrrole nitrogens is 1. The van der Waals surface area contributed by atoms with Gasteiger partial charge < -0.3 is 5.11 Å². The number of phenolic OH excluding ortho intramolecular Hbond substituents is 1. The van der Waals surface area contributed by atoms with Crippen LogP contribution in [-0.2, 0) is 13.6 Å². The fraction of sp³-hybridized carbons (Fsp3) is 0.143. The zero-order chi connectivity index (χ0) is 22.1. The predicted octanol–water partition coefficient (Wildman–Crippen LogP) is 2.67. The Morgan fingerprint density at radius 2 is 1.90 bits per heavy atom. The van der Waals surface area contributed by atoms with Crippen molar-refractivity contribution in [3.63, 3.8) is 0 Å². The van der Waals surface area contributed by atoms with Gasteiger partial charge in [-0.05, 0) is 36.8 Å². The van der Waals surface area contributed by atoms with Crippen LogP contribution < -0.4 is 16.7 Å². The first-order chi connectivity index (χ1) is 14.8. The number of rotatable bonds is 5. The van der Waals surface area contributed by atoms with Gasteiger partial charge in [0.2, 0.25) is 5.95 Å². The summed E-state index contributed by atoms with van der Waals surface area (Å²) in [7, 11) is 1.53. The number of nitrogens with zero attached hydrogens (tertiary/aromatic N) is 4. The number of nitrogens with one attached hydrogen (secondary N) is 2. The van der Waals surface area contributed by atoms with Crippen molar-refractivity contribution in [1.29, 1.82) is 0 Å². The molecule has 31 heavy (non-hydrogen) atoms. The number of aromatic hydroxyl groups is 1. The Balaban J connectivity index is 1.83. The number of hydrogen-bond donors (Lipinski definition) is 3. The molecular weight excluding hydrogens is 420 g/mol. The van der Waals surface area contributed by atoms with Gasteiger partial charge in [0.1, 0.15) is 5.75 Å². The predicted molar refractivity (Wildman–Crippen MR) is 120 cm³/mol. The van der Waals surface area contributed by atoms with E-state index in [1.165, 1.54) is 11.6 Å². The lowest BCUT2D eigenvalue weighted by Crippen LogP contribution is -2.29. The maximum absolute atomic E-state index is 12.6. The minimum Gasteiger partial charge on any atom is -0.507 e. The van der Waals surface area contributed by atoms with Crippen molar-refractivity contribution in [2.24, 2.45) is 12.1 Å². The summed E-state index contributed by atoms with van der Waals surface area (Å²) in [4.78, 5) is 31.3. The lowest BCUT2D eigenvalue weighted by molar-refractivity contribution is 0.474. The molecular formula is C21H19ClN6O3. The van der Waals surface area contributed by atoms with Gasteiger partial charge in [-0.25, -0.2) is 10.2 Å². The normalized spacial score (nSPS) is 11.8. The molecule has 10 heteroatoms. The lowest BCUT2D eigenvalue weighted by atomic mass is 10.1. The Bertz CT molecular complexity index is 1420. The number of anilines is 1. The fourth-order valence-electron chi connectivity index (χ4n) is 3.22. The summed E-state index contributed by atoms with van der Waals surface area (Å²) < 4.78 is 2.90. The molecule has 9 nitrogen and oxygen atoms in total. The van der Waals surface area contributed by atoms with Crippen molar-refractivity contribution in [1.82, 2.24) is 19.1 Å². The Hall–Kier alpha value is -3.85. The third-order valence-corrected chi connectivity index (χ3v) is 5.13. The van der Waals surface area contributed by atoms with E-state index >= 15 is 0 Å². The third kappa shape index (κ3) is 3.95. The highest BCUT2D eigenvalue weighted by Gasteiger charge is 2.18. The Labute approximate surface area is 181 Å². The summed E-state index contributed by atoms with van der Waals surface area (Å²) in [5, 5.41) is 15.0. The molecule has 2 aromatic heterocycles. The number of imidazole rings is 1. The van der Waals surface area contributed by atoms with Gasteiger partial charge in [-0.3, -0.25) is 18.9 Å². The second-order valence-electron chi connectivity index (χ2n) is 6.96. The van der Waals surface area contributed by atoms with Crippen LogP contribution in [0.25, 0.3) is 11.2 Å². The first kappa shape index (κ1) is 20.4. The maximum atomic E-state index is 12.6. The molecule has 4 rings (SSSR count). The van der Waals surface area contributed by atoms with E-state index in [0.717, 1.165) is 5.56 Å². The number of benzene rings is 2. The molecule has 0 aliphatic heterocycles. The van der Waals surface area contributed by atoms with Crippen LogP contribution in [0.1, 0.15) is 18.1 Å². The van der Waals surface area contributed by atoms with E-state index in [1.807, 2.05) is 12.1 Å². The van der Waals surface area contributed by atoms with Gasteiger partial charge in [0.05, 0.1) is 12.3 Å². The Morgan fingerprint density at radius 3 is 2.61 bits per heavy atom. The zero-order valence-corrected chi connectivity index (χ0v) is 17.5. The van der Waals surface area contributed by atoms with Gasteiger partial charge in [-0.1, -0.05) is 35.9 Å². The highest BCUT2D eigenvalue weighted by Crippen LogP contribution is 2.20. The summed E-state index contributed by atoms with van der Waals surface area (Å²) >= 11 is 5.98. The molecule has 0 atom stereocenters. The SMILES string of the molecule is C/C(=N/Nc1nc2c(c(=O)[nH]c(=O)n2C)n1Cc1ccc(Cl)cc1)c1ccccc1O. The molecule has 0 amide bonds. The van der Waals surface area contributed by atoms with Crippen LogP contribution in [0.4, 0.5) is 5.95 Å². The maximum Gasteiger partial charge on any atom is 0.329 e. The average Bonchev–Trinajstić information content (AvgIpc) is 3.11. The second-order valence-corrected chi connectivity index (χ2v) is 7.40. The van der Waals surface area contributed by atoms with Gasteiger partial charge >= 0.3 is 5.69 Å². The van der Waals surface area contributed by atoms with Crippen molar-refractivity contribution in [2.45, 2.75) is 13.5 Å². The quantitative estimate of drug-likeness (QED) is 0.327. The fourth-order valence-corrected chi connectivity index (χ4v) is 3.35. The molecule has 0 saturated heterocycles. The highest BCUT2D eigenvalue weighted by atomic mass is 35.5. The molecule has 0 spiro atoms. The molecule has 0 aliphatic rings. The van der Waals surface area contributed by atoms with Crippen molar-refractivity contribution in [3.8, 4) is 5.75 Å². The number of phenols is 1. The smallest absolute Gasteiger partial charge is 0.329 e. The van der Waals surface area contributed by atoms with Crippen LogP contribution in [0.15, 0.2) is 63.2 Å². The number of aromatic amines is 1. The molecule has 0 bridgehead atoms. The van der Waals surface area contributed by atoms with Crippen LogP contribution in [0.5, 0.6) is 5.75 Å². The van der Waals surface area contributed by atoms with Crippen molar-refractivity contribution in [2.75, 3.05) is 5.43 Å². The third-order valence-electron chi connectivity index (χ3n) is 4.88. The van der Waals surface area contributed by atoms with E-state index in [-0.39, 0.29) is 22.9 Å². The standard InChI is InChI=1S/C21H19ClN6O3/c1-12(15-5-3-4-6-16(15)29)25-26-20-23-18-17(19(30)24-21(31)27(18)2)28(20)11-13-7-9-14(22)10-8-13/h3-10,29H,11H2,1-2H3,(H,23,26)(H,24,30,31)/b25-12-. The Kier molecular flexibility index (Phi) is 5.35. The highest BCUT2D eigenvalue weighted by molar-refractivity contribution is 6.30. The topological polar surface area (TPSA) is 117 Å². The van der Waals surface area contributed by atoms with E-state index < -0.39 is 11.2 Å². The van der Waals surface area contributed by atoms with E-state index in [9.17, 15) is 14.7 Å². The molecule has 0 unspecified atom stereocenters. The van der Waals surface area contributed by atoms with Gasteiger partial charge in [0, 0.05) is 17.6 Å². The van der Waals surface area contributed by atoms with E-state index in [2.05, 4.69) is 20.5 Å². The number of aryl methyl sites for hydroxylation is 1. The minimum atomic E-state index is -0.561. The van der Waals surface area contributed by atoms with Crippen molar-refractivity contribution < 1.29 is 5.11 Å². The first-order valence-corrected chi connectivity index (χ1v) is 9.75. The monoisotopic (exact) mass is 438 g/mol. The number of halogens is 1. The van der Waals surface area contributed by atoms with Crippen LogP contribution in [0.3, 0.4) is 0 Å². The largest absolute Gasteiger partial charge is 0.507 e. The van der Waals surface area contributed by atoms with Crippen LogP contribution >= 0.6 is 11.6 Å². The van der Waals surface area contributed by atoms with E-state index in [1.54, 1.807) is 47.9 Å². The molecule has 4 aromatic rings. The van der Waals surface area contributed by atoms with Crippen LogP contribution in [0.2, 0.25) is 5.02 Å². The van der Waals surface area contributed by atoms with E-state index in [0.29, 0.717) is 22.8 Å².